The van der Waals surface area contributed by atoms with Crippen molar-refractivity contribution >= 4 is 23.4 Å². The highest BCUT2D eigenvalue weighted by molar-refractivity contribution is 8.00. The molecule has 1 aromatic rings. The lowest BCUT2D eigenvalue weighted by molar-refractivity contribution is 0.0948. The van der Waals surface area contributed by atoms with Crippen LogP contribution in [0, 0.1) is 0 Å². The van der Waals surface area contributed by atoms with Crippen LogP contribution in [0.3, 0.4) is 0 Å². The molecule has 1 aliphatic rings. The van der Waals surface area contributed by atoms with Gasteiger partial charge in [0, 0.05) is 30.2 Å². The number of thioether (sulfide) groups is 1. The van der Waals surface area contributed by atoms with E-state index in [9.17, 15) is 4.79 Å². The molecule has 0 radical (unpaired) electrons. The van der Waals surface area contributed by atoms with Crippen LogP contribution in [0.5, 0.6) is 0 Å². The monoisotopic (exact) mass is 251 g/mol. The first-order valence-corrected chi connectivity index (χ1v) is 6.89. The molecule has 2 rings (SSSR count). The zero-order valence-electron chi connectivity index (χ0n) is 10.1. The van der Waals surface area contributed by atoms with Gasteiger partial charge in [-0.15, -0.1) is 0 Å². The van der Waals surface area contributed by atoms with Crippen LogP contribution in [0.25, 0.3) is 0 Å². The third kappa shape index (κ3) is 2.91. The molecule has 1 saturated carbocycles. The molecule has 1 aliphatic carbocycles. The van der Waals surface area contributed by atoms with Crippen LogP contribution in [0.1, 0.15) is 23.3 Å². The zero-order valence-corrected chi connectivity index (χ0v) is 10.9. The molecule has 0 saturated heterocycles. The smallest absolute Gasteiger partial charge is 0.270 e. The summed E-state index contributed by atoms with van der Waals surface area (Å²) in [6, 6.07) is 3.59. The third-order valence-electron chi connectivity index (χ3n) is 3.09. The van der Waals surface area contributed by atoms with Crippen LogP contribution >= 0.6 is 11.8 Å². The summed E-state index contributed by atoms with van der Waals surface area (Å²) >= 11 is 1.84. The molecule has 4 nitrogen and oxygen atoms in total. The first kappa shape index (κ1) is 12.2. The summed E-state index contributed by atoms with van der Waals surface area (Å²) in [6.45, 7) is 0.735. The molecule has 1 heterocycles. The van der Waals surface area contributed by atoms with Crippen molar-refractivity contribution in [3.8, 4) is 0 Å². The number of amides is 1. The fourth-order valence-corrected chi connectivity index (χ4v) is 2.36. The lowest BCUT2D eigenvalue weighted by Gasteiger charge is -2.12. The Balaban J connectivity index is 1.95. The fraction of sp³-hybridized carbons (Fsp3) is 0.500. The maximum Gasteiger partial charge on any atom is 0.270 e. The van der Waals surface area contributed by atoms with E-state index in [1.165, 1.54) is 12.8 Å². The highest BCUT2D eigenvalue weighted by atomic mass is 32.2. The second-order valence-electron chi connectivity index (χ2n) is 4.25. The predicted octanol–water partition coefficient (Wildman–Crippen LogP) is 1.75. The van der Waals surface area contributed by atoms with Gasteiger partial charge in [0.2, 0.25) is 0 Å². The zero-order chi connectivity index (χ0) is 12.3. The fourth-order valence-electron chi connectivity index (χ4n) is 1.63. The topological polar surface area (TPSA) is 54.0 Å². The van der Waals surface area contributed by atoms with E-state index in [0.29, 0.717) is 5.69 Å². The van der Waals surface area contributed by atoms with E-state index in [-0.39, 0.29) is 10.7 Å². The number of nitrogens with one attached hydrogen (secondary N) is 2. The molecule has 17 heavy (non-hydrogen) atoms. The van der Waals surface area contributed by atoms with Gasteiger partial charge in [0.15, 0.2) is 0 Å². The summed E-state index contributed by atoms with van der Waals surface area (Å²) in [5.41, 5.74) is 1.37. The van der Waals surface area contributed by atoms with Crippen molar-refractivity contribution in [3.63, 3.8) is 0 Å². The van der Waals surface area contributed by atoms with Gasteiger partial charge in [-0.05, 0) is 31.2 Å². The lowest BCUT2D eigenvalue weighted by atomic mass is 10.3. The molecule has 1 fully saturated rings. The lowest BCUT2D eigenvalue weighted by Crippen LogP contribution is -2.32. The molecule has 5 heteroatoms. The van der Waals surface area contributed by atoms with Gasteiger partial charge >= 0.3 is 0 Å². The minimum atomic E-state index is -0.0950. The van der Waals surface area contributed by atoms with Crippen molar-refractivity contribution in [2.75, 3.05) is 25.2 Å². The summed E-state index contributed by atoms with van der Waals surface area (Å²) in [5.74, 6) is -0.0950. The van der Waals surface area contributed by atoms with E-state index < -0.39 is 0 Å². The number of carbonyl (C=O) groups excluding carboxylic acids is 1. The van der Waals surface area contributed by atoms with Crippen LogP contribution in [-0.2, 0) is 0 Å². The highest BCUT2D eigenvalue weighted by Gasteiger charge is 2.41. The molecule has 1 amide bonds. The van der Waals surface area contributed by atoms with Crippen molar-refractivity contribution in [2.45, 2.75) is 17.6 Å². The average Bonchev–Trinajstić information content (AvgIpc) is 3.17. The SMILES string of the molecule is CNc1ccnc(C(=O)NCC2(SC)CC2)c1. The molecule has 1 aromatic heterocycles. The Morgan fingerprint density at radius 3 is 2.94 bits per heavy atom. The predicted molar refractivity (Wildman–Crippen MR) is 71.6 cm³/mol. The van der Waals surface area contributed by atoms with Gasteiger partial charge in [0.25, 0.3) is 5.91 Å². The Hall–Kier alpha value is -1.23. The first-order chi connectivity index (χ1) is 8.19. The first-order valence-electron chi connectivity index (χ1n) is 5.66. The van der Waals surface area contributed by atoms with E-state index in [2.05, 4.69) is 21.9 Å². The Morgan fingerprint density at radius 1 is 1.59 bits per heavy atom. The molecule has 0 aliphatic heterocycles. The molecular weight excluding hydrogens is 234 g/mol. The number of rotatable bonds is 5. The summed E-state index contributed by atoms with van der Waals surface area (Å²) in [5, 5.41) is 5.95. The van der Waals surface area contributed by atoms with Crippen molar-refractivity contribution in [1.82, 2.24) is 10.3 Å². The Bertz CT molecular complexity index is 418. The van der Waals surface area contributed by atoms with Crippen LogP contribution < -0.4 is 10.6 Å². The third-order valence-corrected chi connectivity index (χ3v) is 4.51. The van der Waals surface area contributed by atoms with E-state index in [4.69, 9.17) is 0 Å². The van der Waals surface area contributed by atoms with Gasteiger partial charge in [0.1, 0.15) is 5.69 Å². The molecular formula is C12H17N3OS. The average molecular weight is 251 g/mol. The van der Waals surface area contributed by atoms with Crippen molar-refractivity contribution in [3.05, 3.63) is 24.0 Å². The number of nitrogens with zero attached hydrogens (tertiary/aromatic N) is 1. The number of aromatic nitrogens is 1. The Kier molecular flexibility index (Phi) is 3.57. The van der Waals surface area contributed by atoms with Gasteiger partial charge in [-0.3, -0.25) is 9.78 Å². The molecule has 2 N–H and O–H groups in total. The molecule has 0 spiro atoms. The number of hydrogen-bond acceptors (Lipinski definition) is 4. The normalized spacial score (nSPS) is 16.4. The quantitative estimate of drug-likeness (QED) is 0.837. The Morgan fingerprint density at radius 2 is 2.35 bits per heavy atom. The Labute approximate surface area is 106 Å². The van der Waals surface area contributed by atoms with E-state index in [1.807, 2.05) is 24.9 Å². The van der Waals surface area contributed by atoms with Crippen molar-refractivity contribution in [1.29, 1.82) is 0 Å². The van der Waals surface area contributed by atoms with Crippen molar-refractivity contribution < 1.29 is 4.79 Å². The second-order valence-corrected chi connectivity index (χ2v) is 5.52. The largest absolute Gasteiger partial charge is 0.388 e. The molecule has 0 atom stereocenters. The van der Waals surface area contributed by atoms with Gasteiger partial charge in [0.05, 0.1) is 0 Å². The second kappa shape index (κ2) is 4.96. The van der Waals surface area contributed by atoms with Gasteiger partial charge in [-0.2, -0.15) is 11.8 Å². The minimum absolute atomic E-state index is 0.0950. The standard InChI is InChI=1S/C12H17N3OS/c1-13-9-3-6-14-10(7-9)11(16)15-8-12(17-2)4-5-12/h3,6-7H,4-5,8H2,1-2H3,(H,13,14)(H,15,16). The summed E-state index contributed by atoms with van der Waals surface area (Å²) in [6.07, 6.45) is 6.12. The summed E-state index contributed by atoms with van der Waals surface area (Å²) in [4.78, 5) is 16.0. The summed E-state index contributed by atoms with van der Waals surface area (Å²) < 4.78 is 0.288. The molecule has 0 unspecified atom stereocenters. The maximum atomic E-state index is 11.9. The molecule has 92 valence electrons. The number of hydrogen-bond donors (Lipinski definition) is 2. The molecule has 0 aromatic carbocycles. The minimum Gasteiger partial charge on any atom is -0.388 e. The van der Waals surface area contributed by atoms with E-state index in [0.717, 1.165) is 12.2 Å². The van der Waals surface area contributed by atoms with Crippen LogP contribution in [0.2, 0.25) is 0 Å². The van der Waals surface area contributed by atoms with Gasteiger partial charge < -0.3 is 10.6 Å². The van der Waals surface area contributed by atoms with Gasteiger partial charge in [-0.1, -0.05) is 0 Å². The van der Waals surface area contributed by atoms with Crippen LogP contribution in [0.15, 0.2) is 18.3 Å². The number of carbonyl (C=O) groups is 1. The number of anilines is 1. The number of pyridine rings is 1. The highest BCUT2D eigenvalue weighted by Crippen LogP contribution is 2.46. The maximum absolute atomic E-state index is 11.9. The summed E-state index contributed by atoms with van der Waals surface area (Å²) in [7, 11) is 1.82. The van der Waals surface area contributed by atoms with E-state index in [1.54, 1.807) is 12.3 Å². The van der Waals surface area contributed by atoms with Crippen molar-refractivity contribution in [2.24, 2.45) is 0 Å². The van der Waals surface area contributed by atoms with Gasteiger partial charge in [-0.25, -0.2) is 0 Å². The van der Waals surface area contributed by atoms with E-state index >= 15 is 0 Å². The van der Waals surface area contributed by atoms with Crippen LogP contribution in [0.4, 0.5) is 5.69 Å². The van der Waals surface area contributed by atoms with Crippen LogP contribution in [-0.4, -0.2) is 35.5 Å². The molecule has 0 bridgehead atoms.